The highest BCUT2D eigenvalue weighted by atomic mass is 35.5. The number of benzene rings is 1. The zero-order valence-electron chi connectivity index (χ0n) is 16.0. The third-order valence-corrected chi connectivity index (χ3v) is 4.92. The first-order valence-corrected chi connectivity index (χ1v) is 9.78. The number of hydrogen-bond acceptors (Lipinski definition) is 7. The zero-order valence-corrected chi connectivity index (χ0v) is 16.8. The summed E-state index contributed by atoms with van der Waals surface area (Å²) in [4.78, 5) is 38.8. The van der Waals surface area contributed by atoms with Gasteiger partial charge in [-0.1, -0.05) is 11.6 Å². The zero-order chi connectivity index (χ0) is 20.9. The summed E-state index contributed by atoms with van der Waals surface area (Å²) in [6.45, 7) is 1.40. The second-order valence-electron chi connectivity index (χ2n) is 6.81. The highest BCUT2D eigenvalue weighted by Crippen LogP contribution is 2.23. The van der Waals surface area contributed by atoms with Crippen LogP contribution in [0.15, 0.2) is 55.1 Å². The maximum absolute atomic E-state index is 12.8. The van der Waals surface area contributed by atoms with Crippen molar-refractivity contribution in [1.82, 2.24) is 20.3 Å². The Bertz CT molecular complexity index is 1060. The predicted molar refractivity (Wildman–Crippen MR) is 114 cm³/mol. The van der Waals surface area contributed by atoms with Crippen molar-refractivity contribution in [2.75, 3.05) is 29.9 Å². The van der Waals surface area contributed by atoms with Crippen molar-refractivity contribution in [3.8, 4) is 0 Å². The van der Waals surface area contributed by atoms with Gasteiger partial charge in [0.1, 0.15) is 0 Å². The van der Waals surface area contributed by atoms with Crippen molar-refractivity contribution in [3.05, 3.63) is 71.3 Å². The van der Waals surface area contributed by atoms with Crippen LogP contribution < -0.4 is 15.5 Å². The van der Waals surface area contributed by atoms with Gasteiger partial charge in [0.2, 0.25) is 11.9 Å². The molecule has 3 aromatic rings. The summed E-state index contributed by atoms with van der Waals surface area (Å²) < 4.78 is 0. The number of ketones is 1. The van der Waals surface area contributed by atoms with Crippen LogP contribution in [-0.4, -0.2) is 46.3 Å². The third-order valence-electron chi connectivity index (χ3n) is 4.67. The fraction of sp³-hybridized carbons (Fsp3) is 0.190. The Labute approximate surface area is 178 Å². The highest BCUT2D eigenvalue weighted by Gasteiger charge is 2.19. The lowest BCUT2D eigenvalue weighted by Gasteiger charge is -2.26. The molecule has 3 heterocycles. The van der Waals surface area contributed by atoms with Crippen LogP contribution >= 0.6 is 11.6 Å². The molecule has 0 radical (unpaired) electrons. The molecule has 1 fully saturated rings. The van der Waals surface area contributed by atoms with E-state index in [0.29, 0.717) is 29.6 Å². The first-order valence-electron chi connectivity index (χ1n) is 9.41. The van der Waals surface area contributed by atoms with Gasteiger partial charge in [0.15, 0.2) is 5.78 Å². The molecule has 0 bridgehead atoms. The van der Waals surface area contributed by atoms with Crippen LogP contribution in [0.1, 0.15) is 15.9 Å². The molecular weight excluding hydrogens is 404 g/mol. The van der Waals surface area contributed by atoms with E-state index in [0.717, 1.165) is 16.9 Å². The highest BCUT2D eigenvalue weighted by molar-refractivity contribution is 6.30. The molecule has 1 aliphatic heterocycles. The number of aromatic nitrogens is 3. The number of nitrogens with zero attached hydrogens (tertiary/aromatic N) is 4. The lowest BCUT2D eigenvalue weighted by atomic mass is 10.0. The van der Waals surface area contributed by atoms with Crippen LogP contribution in [0.3, 0.4) is 0 Å². The van der Waals surface area contributed by atoms with Crippen molar-refractivity contribution in [2.45, 2.75) is 6.42 Å². The minimum atomic E-state index is -0.108. The van der Waals surface area contributed by atoms with Crippen molar-refractivity contribution < 1.29 is 9.59 Å². The number of anilines is 3. The van der Waals surface area contributed by atoms with E-state index in [9.17, 15) is 9.59 Å². The summed E-state index contributed by atoms with van der Waals surface area (Å²) in [6, 6.07) is 9.09. The summed E-state index contributed by atoms with van der Waals surface area (Å²) in [7, 11) is 0. The van der Waals surface area contributed by atoms with Crippen LogP contribution in [-0.2, 0) is 11.2 Å². The monoisotopic (exact) mass is 422 g/mol. The first kappa shape index (κ1) is 19.8. The molecule has 1 aliphatic rings. The Hall–Kier alpha value is -3.52. The standard InChI is InChI=1S/C21H19ClN6O2/c22-16-1-3-17(4-2-16)27-18-12-23-6-5-14(18)9-19(29)15-10-25-21(26-11-15)28-8-7-24-20(30)13-28/h1-6,10-12,27H,7-9,13H2,(H,24,30). The Balaban J connectivity index is 1.46. The summed E-state index contributed by atoms with van der Waals surface area (Å²) in [5.41, 5.74) is 2.81. The summed E-state index contributed by atoms with van der Waals surface area (Å²) in [5.74, 6) is 0.266. The van der Waals surface area contributed by atoms with E-state index in [1.54, 1.807) is 35.5 Å². The van der Waals surface area contributed by atoms with Gasteiger partial charge in [-0.2, -0.15) is 0 Å². The average Bonchev–Trinajstić information content (AvgIpc) is 2.77. The number of halogens is 1. The van der Waals surface area contributed by atoms with Gasteiger partial charge in [-0.05, 0) is 35.9 Å². The number of piperazine rings is 1. The molecule has 1 aromatic carbocycles. The molecule has 8 nitrogen and oxygen atoms in total. The smallest absolute Gasteiger partial charge is 0.239 e. The summed E-state index contributed by atoms with van der Waals surface area (Å²) in [6.07, 6.45) is 6.51. The van der Waals surface area contributed by atoms with Crippen LogP contribution in [0.2, 0.25) is 5.02 Å². The maximum atomic E-state index is 12.8. The largest absolute Gasteiger partial charge is 0.354 e. The van der Waals surface area contributed by atoms with E-state index in [4.69, 9.17) is 11.6 Å². The normalized spacial score (nSPS) is 13.6. The van der Waals surface area contributed by atoms with Crippen LogP contribution in [0.5, 0.6) is 0 Å². The van der Waals surface area contributed by atoms with Gasteiger partial charge in [0.05, 0.1) is 24.0 Å². The van der Waals surface area contributed by atoms with Crippen molar-refractivity contribution in [2.24, 2.45) is 0 Å². The van der Waals surface area contributed by atoms with Crippen LogP contribution in [0.25, 0.3) is 0 Å². The minimum Gasteiger partial charge on any atom is -0.354 e. The SMILES string of the molecule is O=C1CN(c2ncc(C(=O)Cc3ccncc3Nc3ccc(Cl)cc3)cn2)CCN1. The molecule has 152 valence electrons. The van der Waals surface area contributed by atoms with E-state index >= 15 is 0 Å². The number of rotatable bonds is 6. The van der Waals surface area contributed by atoms with Crippen molar-refractivity contribution >= 4 is 40.6 Å². The van der Waals surface area contributed by atoms with E-state index in [2.05, 4.69) is 25.6 Å². The van der Waals surface area contributed by atoms with Crippen molar-refractivity contribution in [3.63, 3.8) is 0 Å². The van der Waals surface area contributed by atoms with E-state index < -0.39 is 0 Å². The van der Waals surface area contributed by atoms with Gasteiger partial charge in [0, 0.05) is 48.8 Å². The molecule has 9 heteroatoms. The lowest BCUT2D eigenvalue weighted by Crippen LogP contribution is -2.48. The van der Waals surface area contributed by atoms with Crippen molar-refractivity contribution in [1.29, 1.82) is 0 Å². The second kappa shape index (κ2) is 8.87. The first-order chi connectivity index (χ1) is 14.6. The molecule has 0 saturated carbocycles. The van der Waals surface area contributed by atoms with Crippen LogP contribution in [0.4, 0.5) is 17.3 Å². The molecular formula is C21H19ClN6O2. The topological polar surface area (TPSA) is 100 Å². The number of pyridine rings is 1. The number of carbonyl (C=O) groups is 2. The van der Waals surface area contributed by atoms with Crippen LogP contribution in [0, 0.1) is 0 Å². The van der Waals surface area contributed by atoms with Gasteiger partial charge < -0.3 is 15.5 Å². The fourth-order valence-corrected chi connectivity index (χ4v) is 3.22. The molecule has 1 amide bonds. The Morgan fingerprint density at radius 2 is 1.90 bits per heavy atom. The molecule has 30 heavy (non-hydrogen) atoms. The van der Waals surface area contributed by atoms with Gasteiger partial charge in [-0.25, -0.2) is 9.97 Å². The molecule has 0 atom stereocenters. The number of hydrogen-bond donors (Lipinski definition) is 2. The molecule has 2 N–H and O–H groups in total. The number of nitrogens with one attached hydrogen (secondary N) is 2. The van der Waals surface area contributed by atoms with E-state index in [-0.39, 0.29) is 24.7 Å². The molecule has 2 aromatic heterocycles. The minimum absolute atomic E-state index is 0.0663. The summed E-state index contributed by atoms with van der Waals surface area (Å²) in [5, 5.41) is 6.67. The number of carbonyl (C=O) groups excluding carboxylic acids is 2. The Morgan fingerprint density at radius 1 is 1.13 bits per heavy atom. The van der Waals surface area contributed by atoms with E-state index in [1.165, 1.54) is 12.4 Å². The Morgan fingerprint density at radius 3 is 2.63 bits per heavy atom. The van der Waals surface area contributed by atoms with Gasteiger partial charge in [0.25, 0.3) is 0 Å². The van der Waals surface area contributed by atoms with Gasteiger partial charge in [-0.15, -0.1) is 0 Å². The second-order valence-corrected chi connectivity index (χ2v) is 7.24. The quantitative estimate of drug-likeness (QED) is 0.589. The predicted octanol–water partition coefficient (Wildman–Crippen LogP) is 2.63. The molecule has 0 spiro atoms. The molecule has 0 unspecified atom stereocenters. The lowest BCUT2D eigenvalue weighted by molar-refractivity contribution is -0.120. The maximum Gasteiger partial charge on any atom is 0.239 e. The summed E-state index contributed by atoms with van der Waals surface area (Å²) >= 11 is 5.93. The van der Waals surface area contributed by atoms with E-state index in [1.807, 2.05) is 12.1 Å². The fourth-order valence-electron chi connectivity index (χ4n) is 3.09. The van der Waals surface area contributed by atoms with Gasteiger partial charge >= 0.3 is 0 Å². The molecule has 1 saturated heterocycles. The third kappa shape index (κ3) is 4.72. The van der Waals surface area contributed by atoms with Gasteiger partial charge in [-0.3, -0.25) is 14.6 Å². The molecule has 0 aliphatic carbocycles. The number of amides is 1. The molecule has 4 rings (SSSR count). The average molecular weight is 423 g/mol. The number of Topliss-reactive ketones (excluding diaryl/α,β-unsaturated/α-hetero) is 1. The Kier molecular flexibility index (Phi) is 5.85.